The molecule has 2 aromatic heterocycles. The SMILES string of the molecule is C=NC(C)=C(C=C(C)NC(=O)c1ccnc(C(C)(C)O)c1)c1cc(N2CCOCC2)c(OC2CCOCC2)nn1. The van der Waals surface area contributed by atoms with Crippen molar-refractivity contribution in [2.45, 2.75) is 52.2 Å². The molecule has 2 aromatic rings. The number of aliphatic hydroxyl groups is 1. The zero-order valence-corrected chi connectivity index (χ0v) is 23.6. The summed E-state index contributed by atoms with van der Waals surface area (Å²) in [7, 11) is 0. The van der Waals surface area contributed by atoms with Crippen molar-refractivity contribution in [2.75, 3.05) is 44.4 Å². The first kappa shape index (κ1) is 29.3. The van der Waals surface area contributed by atoms with Crippen LogP contribution in [0.5, 0.6) is 5.88 Å². The zero-order valence-electron chi connectivity index (χ0n) is 23.6. The molecule has 2 N–H and O–H groups in total. The van der Waals surface area contributed by atoms with Gasteiger partial charge in [0.25, 0.3) is 11.8 Å². The number of amides is 1. The fourth-order valence-electron chi connectivity index (χ4n) is 4.43. The highest BCUT2D eigenvalue weighted by atomic mass is 16.5. The lowest BCUT2D eigenvalue weighted by molar-refractivity contribution is 0.0234. The third kappa shape index (κ3) is 7.50. The van der Waals surface area contributed by atoms with Gasteiger partial charge in [0.15, 0.2) is 0 Å². The molecular weight excluding hydrogens is 512 g/mol. The third-order valence-corrected chi connectivity index (χ3v) is 6.76. The van der Waals surface area contributed by atoms with Crippen molar-refractivity contribution in [3.8, 4) is 5.88 Å². The Bertz CT molecular complexity index is 1270. The molecule has 4 rings (SSSR count). The number of ether oxygens (including phenoxy) is 3. The molecule has 0 aliphatic carbocycles. The Morgan fingerprint density at radius 1 is 1.18 bits per heavy atom. The summed E-state index contributed by atoms with van der Waals surface area (Å²) in [5.74, 6) is 0.154. The number of rotatable bonds is 9. The van der Waals surface area contributed by atoms with E-state index in [9.17, 15) is 9.90 Å². The quantitative estimate of drug-likeness (QED) is 0.357. The van der Waals surface area contributed by atoms with Crippen LogP contribution < -0.4 is 15.0 Å². The van der Waals surface area contributed by atoms with Crippen molar-refractivity contribution in [3.05, 3.63) is 58.8 Å². The Balaban J connectivity index is 1.63. The van der Waals surface area contributed by atoms with Crippen LogP contribution in [0.15, 0.2) is 46.9 Å². The smallest absolute Gasteiger partial charge is 0.257 e. The fraction of sp³-hybridized carbons (Fsp3) is 0.483. The fourth-order valence-corrected chi connectivity index (χ4v) is 4.43. The van der Waals surface area contributed by atoms with Crippen molar-refractivity contribution >= 4 is 23.9 Å². The molecule has 0 unspecified atom stereocenters. The van der Waals surface area contributed by atoms with E-state index in [4.69, 9.17) is 14.2 Å². The first-order valence-electron chi connectivity index (χ1n) is 13.5. The number of pyridine rings is 1. The minimum absolute atomic E-state index is 0.0164. The monoisotopic (exact) mass is 550 g/mol. The highest BCUT2D eigenvalue weighted by Gasteiger charge is 2.24. The van der Waals surface area contributed by atoms with Gasteiger partial charge in [0, 0.05) is 54.7 Å². The maximum absolute atomic E-state index is 13.0. The number of aromatic nitrogens is 3. The molecule has 214 valence electrons. The number of hydrogen-bond acceptors (Lipinski definition) is 10. The van der Waals surface area contributed by atoms with Crippen molar-refractivity contribution in [1.82, 2.24) is 20.5 Å². The van der Waals surface area contributed by atoms with Gasteiger partial charge in [-0.2, -0.15) is 0 Å². The van der Waals surface area contributed by atoms with Crippen LogP contribution in [-0.2, 0) is 15.1 Å². The highest BCUT2D eigenvalue weighted by Crippen LogP contribution is 2.32. The number of allylic oxidation sites excluding steroid dienone is 4. The molecule has 2 aliphatic heterocycles. The summed E-state index contributed by atoms with van der Waals surface area (Å²) < 4.78 is 17.3. The molecule has 0 radical (unpaired) electrons. The van der Waals surface area contributed by atoms with Gasteiger partial charge in [-0.15, -0.1) is 10.2 Å². The number of carbonyl (C=O) groups is 1. The summed E-state index contributed by atoms with van der Waals surface area (Å²) in [6.07, 6.45) is 4.92. The predicted molar refractivity (Wildman–Crippen MR) is 152 cm³/mol. The van der Waals surface area contributed by atoms with Crippen LogP contribution in [-0.4, -0.2) is 78.5 Å². The van der Waals surface area contributed by atoms with Gasteiger partial charge in [0.05, 0.1) is 37.8 Å². The van der Waals surface area contributed by atoms with Crippen molar-refractivity contribution in [2.24, 2.45) is 4.99 Å². The van der Waals surface area contributed by atoms with E-state index in [0.29, 0.717) is 79.3 Å². The summed E-state index contributed by atoms with van der Waals surface area (Å²) in [4.78, 5) is 23.5. The molecule has 11 nitrogen and oxygen atoms in total. The van der Waals surface area contributed by atoms with Gasteiger partial charge in [-0.25, -0.2) is 0 Å². The van der Waals surface area contributed by atoms with Gasteiger partial charge in [-0.05, 0) is 58.7 Å². The minimum Gasteiger partial charge on any atom is -0.472 e. The molecule has 2 saturated heterocycles. The third-order valence-electron chi connectivity index (χ3n) is 6.76. The van der Waals surface area contributed by atoms with Crippen molar-refractivity contribution in [1.29, 1.82) is 0 Å². The molecule has 0 atom stereocenters. The number of nitrogens with one attached hydrogen (secondary N) is 1. The Hall–Kier alpha value is -3.67. The van der Waals surface area contributed by atoms with Crippen LogP contribution in [0.4, 0.5) is 5.69 Å². The van der Waals surface area contributed by atoms with E-state index in [2.05, 4.69) is 37.1 Å². The number of carbonyl (C=O) groups excluding carboxylic acids is 1. The standard InChI is InChI=1S/C29H38N6O5/c1-19(32-27(36)21-6-9-31-26(17-21)29(3,4)37)16-23(20(2)30-5)24-18-25(35-10-14-39-15-11-35)28(34-33-24)40-22-7-12-38-13-8-22/h6,9,16-18,22,37H,5,7-8,10-15H2,1-4H3,(H,32,36). The summed E-state index contributed by atoms with van der Waals surface area (Å²) in [6, 6.07) is 5.12. The molecule has 2 fully saturated rings. The van der Waals surface area contributed by atoms with Gasteiger partial charge in [-0.1, -0.05) is 0 Å². The first-order valence-corrected chi connectivity index (χ1v) is 13.5. The van der Waals surface area contributed by atoms with Gasteiger partial charge in [0.1, 0.15) is 17.4 Å². The van der Waals surface area contributed by atoms with Gasteiger partial charge < -0.3 is 29.5 Å². The van der Waals surface area contributed by atoms with Crippen molar-refractivity contribution in [3.63, 3.8) is 0 Å². The molecule has 0 bridgehead atoms. The van der Waals surface area contributed by atoms with Crippen LogP contribution in [0.25, 0.3) is 5.57 Å². The second-order valence-corrected chi connectivity index (χ2v) is 10.4. The molecule has 4 heterocycles. The predicted octanol–water partition coefficient (Wildman–Crippen LogP) is 3.26. The molecule has 40 heavy (non-hydrogen) atoms. The zero-order chi connectivity index (χ0) is 28.7. The van der Waals surface area contributed by atoms with Crippen LogP contribution in [0, 0.1) is 0 Å². The van der Waals surface area contributed by atoms with Crippen LogP contribution in [0.1, 0.15) is 62.3 Å². The van der Waals surface area contributed by atoms with Crippen LogP contribution in [0.3, 0.4) is 0 Å². The van der Waals surface area contributed by atoms with Crippen LogP contribution >= 0.6 is 0 Å². The highest BCUT2D eigenvalue weighted by molar-refractivity contribution is 5.95. The molecule has 0 saturated carbocycles. The number of anilines is 1. The largest absolute Gasteiger partial charge is 0.472 e. The average Bonchev–Trinajstić information content (AvgIpc) is 2.96. The average molecular weight is 551 g/mol. The van der Waals surface area contributed by atoms with Gasteiger partial charge in [-0.3, -0.25) is 14.8 Å². The Labute approximate surface area is 235 Å². The molecular formula is C29H38N6O5. The van der Waals surface area contributed by atoms with Gasteiger partial charge >= 0.3 is 0 Å². The topological polar surface area (TPSA) is 131 Å². The minimum atomic E-state index is -1.17. The van der Waals surface area contributed by atoms with E-state index >= 15 is 0 Å². The van der Waals surface area contributed by atoms with Crippen LogP contribution in [0.2, 0.25) is 0 Å². The summed E-state index contributed by atoms with van der Waals surface area (Å²) >= 11 is 0. The Morgan fingerprint density at radius 2 is 1.88 bits per heavy atom. The normalized spacial score (nSPS) is 17.7. The van der Waals surface area contributed by atoms with E-state index in [-0.39, 0.29) is 12.0 Å². The van der Waals surface area contributed by atoms with E-state index in [1.165, 1.54) is 6.20 Å². The first-order chi connectivity index (χ1) is 19.2. The lowest BCUT2D eigenvalue weighted by Crippen LogP contribution is -2.37. The summed E-state index contributed by atoms with van der Waals surface area (Å²) in [5.41, 5.74) is 2.90. The number of nitrogens with zero attached hydrogens (tertiary/aromatic N) is 5. The van der Waals surface area contributed by atoms with Gasteiger partial charge in [0.2, 0.25) is 0 Å². The molecule has 11 heteroatoms. The number of morpholine rings is 1. The number of aliphatic imine (C=N–C) groups is 1. The second kappa shape index (κ2) is 13.1. The maximum Gasteiger partial charge on any atom is 0.257 e. The molecule has 0 aromatic carbocycles. The maximum atomic E-state index is 13.0. The van der Waals surface area contributed by atoms with Crippen molar-refractivity contribution < 1.29 is 24.1 Å². The lowest BCUT2D eigenvalue weighted by Gasteiger charge is -2.31. The second-order valence-electron chi connectivity index (χ2n) is 10.4. The Kier molecular flexibility index (Phi) is 9.62. The Morgan fingerprint density at radius 3 is 2.55 bits per heavy atom. The molecule has 1 amide bonds. The van der Waals surface area contributed by atoms with E-state index < -0.39 is 5.60 Å². The lowest BCUT2D eigenvalue weighted by atomic mass is 10.0. The molecule has 2 aliphatic rings. The summed E-state index contributed by atoms with van der Waals surface area (Å²) in [5, 5.41) is 22.2. The summed E-state index contributed by atoms with van der Waals surface area (Å²) in [6.45, 7) is 14.5. The van der Waals surface area contributed by atoms with E-state index in [1.807, 2.05) is 13.0 Å². The van der Waals surface area contributed by atoms with E-state index in [1.54, 1.807) is 39.0 Å². The van der Waals surface area contributed by atoms with E-state index in [0.717, 1.165) is 18.5 Å². The number of hydrogen-bond donors (Lipinski definition) is 2. The molecule has 0 spiro atoms.